The summed E-state index contributed by atoms with van der Waals surface area (Å²) in [7, 11) is 0. The molecular weight excluding hydrogens is 244 g/mol. The molecule has 0 bridgehead atoms. The Balaban J connectivity index is 0.000000160. The highest BCUT2D eigenvalue weighted by Crippen LogP contribution is 2.03. The standard InChI is InChI=1S/2C5H5NOS/c2*6-5(7)4-1-2-8-3-4/h2*1-3H,(H2,6,7). The van der Waals surface area contributed by atoms with Crippen LogP contribution >= 0.6 is 22.7 Å². The minimum Gasteiger partial charge on any atom is -0.366 e. The van der Waals surface area contributed by atoms with E-state index in [9.17, 15) is 9.59 Å². The van der Waals surface area contributed by atoms with Crippen LogP contribution in [-0.2, 0) is 0 Å². The fourth-order valence-electron chi connectivity index (χ4n) is 0.809. The third-order valence-electron chi connectivity index (χ3n) is 1.61. The second-order valence-electron chi connectivity index (χ2n) is 2.75. The van der Waals surface area contributed by atoms with Gasteiger partial charge >= 0.3 is 0 Å². The zero-order valence-electron chi connectivity index (χ0n) is 8.25. The van der Waals surface area contributed by atoms with E-state index in [2.05, 4.69) is 0 Å². The predicted molar refractivity (Wildman–Crippen MR) is 65.7 cm³/mol. The van der Waals surface area contributed by atoms with E-state index in [0.29, 0.717) is 11.1 Å². The lowest BCUT2D eigenvalue weighted by atomic mass is 10.3. The minimum atomic E-state index is -0.355. The van der Waals surface area contributed by atoms with Crippen LogP contribution in [-0.4, -0.2) is 11.8 Å². The fourth-order valence-corrected chi connectivity index (χ4v) is 2.10. The van der Waals surface area contributed by atoms with Gasteiger partial charge in [-0.2, -0.15) is 22.7 Å². The Morgan fingerprint density at radius 1 is 0.875 bits per heavy atom. The summed E-state index contributed by atoms with van der Waals surface area (Å²) in [6.07, 6.45) is 0. The van der Waals surface area contributed by atoms with Crippen LogP contribution in [0.15, 0.2) is 33.7 Å². The van der Waals surface area contributed by atoms with Crippen molar-refractivity contribution in [3.8, 4) is 0 Å². The molecule has 4 nitrogen and oxygen atoms in total. The number of hydrogen-bond donors (Lipinski definition) is 2. The molecule has 84 valence electrons. The van der Waals surface area contributed by atoms with Crippen LogP contribution in [0.2, 0.25) is 0 Å². The first-order valence-electron chi connectivity index (χ1n) is 4.25. The molecule has 2 heterocycles. The molecule has 2 amide bonds. The van der Waals surface area contributed by atoms with E-state index >= 15 is 0 Å². The lowest BCUT2D eigenvalue weighted by molar-refractivity contribution is 0.0992. The summed E-state index contributed by atoms with van der Waals surface area (Å²) >= 11 is 2.93. The number of nitrogens with two attached hydrogens (primary N) is 2. The quantitative estimate of drug-likeness (QED) is 0.854. The van der Waals surface area contributed by atoms with Gasteiger partial charge in [0.15, 0.2) is 0 Å². The van der Waals surface area contributed by atoms with Crippen molar-refractivity contribution in [2.45, 2.75) is 0 Å². The second-order valence-corrected chi connectivity index (χ2v) is 4.31. The third-order valence-corrected chi connectivity index (χ3v) is 2.98. The first-order valence-corrected chi connectivity index (χ1v) is 6.14. The predicted octanol–water partition coefficient (Wildman–Crippen LogP) is 1.69. The first-order chi connectivity index (χ1) is 7.61. The largest absolute Gasteiger partial charge is 0.366 e. The normalized spacial score (nSPS) is 9.00. The first kappa shape index (κ1) is 12.4. The summed E-state index contributed by atoms with van der Waals surface area (Å²) in [6.45, 7) is 0. The molecule has 0 aromatic carbocycles. The average Bonchev–Trinajstić information content (AvgIpc) is 2.93. The van der Waals surface area contributed by atoms with Crippen molar-refractivity contribution in [2.75, 3.05) is 0 Å². The molecule has 0 aliphatic heterocycles. The maximum Gasteiger partial charge on any atom is 0.249 e. The lowest BCUT2D eigenvalue weighted by Crippen LogP contribution is -2.08. The summed E-state index contributed by atoms with van der Waals surface area (Å²) in [5, 5.41) is 7.09. The number of primary amides is 2. The van der Waals surface area contributed by atoms with E-state index in [4.69, 9.17) is 11.5 Å². The maximum atomic E-state index is 10.3. The molecule has 0 saturated heterocycles. The van der Waals surface area contributed by atoms with Gasteiger partial charge < -0.3 is 11.5 Å². The molecule has 0 radical (unpaired) electrons. The van der Waals surface area contributed by atoms with Gasteiger partial charge in [-0.3, -0.25) is 9.59 Å². The number of hydrogen-bond acceptors (Lipinski definition) is 4. The van der Waals surface area contributed by atoms with Gasteiger partial charge in [0.2, 0.25) is 11.8 Å². The van der Waals surface area contributed by atoms with Gasteiger partial charge in [-0.15, -0.1) is 0 Å². The van der Waals surface area contributed by atoms with Crippen molar-refractivity contribution in [2.24, 2.45) is 11.5 Å². The van der Waals surface area contributed by atoms with Crippen LogP contribution < -0.4 is 11.5 Å². The van der Waals surface area contributed by atoms with Crippen LogP contribution in [0.4, 0.5) is 0 Å². The molecule has 0 aliphatic carbocycles. The Hall–Kier alpha value is -1.66. The number of rotatable bonds is 2. The molecule has 4 N–H and O–H groups in total. The lowest BCUT2D eigenvalue weighted by Gasteiger charge is -1.80. The molecule has 2 aromatic rings. The second kappa shape index (κ2) is 6.04. The van der Waals surface area contributed by atoms with E-state index in [1.54, 1.807) is 22.9 Å². The van der Waals surface area contributed by atoms with E-state index in [-0.39, 0.29) is 11.8 Å². The van der Waals surface area contributed by atoms with E-state index in [1.165, 1.54) is 22.7 Å². The minimum absolute atomic E-state index is 0.355. The van der Waals surface area contributed by atoms with Gasteiger partial charge in [0.25, 0.3) is 0 Å². The molecule has 0 spiro atoms. The van der Waals surface area contributed by atoms with Gasteiger partial charge in [0.1, 0.15) is 0 Å². The van der Waals surface area contributed by atoms with Crippen molar-refractivity contribution >= 4 is 34.5 Å². The molecular formula is C10H10N2O2S2. The highest BCUT2D eigenvalue weighted by Gasteiger charge is 1.96. The van der Waals surface area contributed by atoms with Crippen molar-refractivity contribution in [3.63, 3.8) is 0 Å². The van der Waals surface area contributed by atoms with Gasteiger partial charge in [0, 0.05) is 21.9 Å². The van der Waals surface area contributed by atoms with Crippen molar-refractivity contribution in [1.29, 1.82) is 0 Å². The van der Waals surface area contributed by atoms with E-state index < -0.39 is 0 Å². The highest BCUT2D eigenvalue weighted by atomic mass is 32.1. The molecule has 2 rings (SSSR count). The summed E-state index contributed by atoms with van der Waals surface area (Å²) in [5.41, 5.74) is 11.0. The zero-order valence-corrected chi connectivity index (χ0v) is 9.88. The summed E-state index contributed by atoms with van der Waals surface area (Å²) in [5.74, 6) is -0.711. The summed E-state index contributed by atoms with van der Waals surface area (Å²) in [6, 6.07) is 3.40. The smallest absolute Gasteiger partial charge is 0.249 e. The van der Waals surface area contributed by atoms with Crippen molar-refractivity contribution in [1.82, 2.24) is 0 Å². The Bertz CT molecular complexity index is 405. The Morgan fingerprint density at radius 3 is 1.38 bits per heavy atom. The topological polar surface area (TPSA) is 86.2 Å². The van der Waals surface area contributed by atoms with E-state index in [0.717, 1.165) is 0 Å². The number of carbonyl (C=O) groups excluding carboxylic acids is 2. The number of carbonyl (C=O) groups is 2. The van der Waals surface area contributed by atoms with Gasteiger partial charge in [-0.25, -0.2) is 0 Å². The zero-order chi connectivity index (χ0) is 12.0. The molecule has 0 atom stereocenters. The van der Waals surface area contributed by atoms with Crippen LogP contribution in [0.3, 0.4) is 0 Å². The molecule has 0 aliphatic rings. The molecule has 0 saturated carbocycles. The fraction of sp³-hybridized carbons (Fsp3) is 0. The van der Waals surface area contributed by atoms with Crippen molar-refractivity contribution in [3.05, 3.63) is 44.8 Å². The maximum absolute atomic E-state index is 10.3. The summed E-state index contributed by atoms with van der Waals surface area (Å²) < 4.78 is 0. The Kier molecular flexibility index (Phi) is 4.68. The average molecular weight is 254 g/mol. The number of thiophene rings is 2. The van der Waals surface area contributed by atoms with Gasteiger partial charge in [-0.1, -0.05) is 0 Å². The molecule has 0 unspecified atom stereocenters. The highest BCUT2D eigenvalue weighted by molar-refractivity contribution is 7.08. The van der Waals surface area contributed by atoms with Gasteiger partial charge in [-0.05, 0) is 22.9 Å². The Labute approximate surface area is 101 Å². The molecule has 16 heavy (non-hydrogen) atoms. The number of amides is 2. The third kappa shape index (κ3) is 3.84. The van der Waals surface area contributed by atoms with Crippen LogP contribution in [0.1, 0.15) is 20.7 Å². The SMILES string of the molecule is NC(=O)c1ccsc1.NC(=O)c1ccsc1. The van der Waals surface area contributed by atoms with Gasteiger partial charge in [0.05, 0.1) is 0 Å². The van der Waals surface area contributed by atoms with E-state index in [1.807, 2.05) is 10.8 Å². The van der Waals surface area contributed by atoms with Crippen LogP contribution in [0, 0.1) is 0 Å². The monoisotopic (exact) mass is 254 g/mol. The van der Waals surface area contributed by atoms with Crippen molar-refractivity contribution < 1.29 is 9.59 Å². The molecule has 0 fully saturated rings. The Morgan fingerprint density at radius 2 is 1.25 bits per heavy atom. The molecule has 2 aromatic heterocycles. The summed E-state index contributed by atoms with van der Waals surface area (Å²) in [4.78, 5) is 20.6. The molecule has 6 heteroatoms. The van der Waals surface area contributed by atoms with Crippen LogP contribution in [0.25, 0.3) is 0 Å². The van der Waals surface area contributed by atoms with Crippen LogP contribution in [0.5, 0.6) is 0 Å².